The van der Waals surface area contributed by atoms with Crippen molar-refractivity contribution in [1.29, 1.82) is 0 Å². The Bertz CT molecular complexity index is 623. The molecular formula is C15H22N2O4S. The number of hydrogen-bond donors (Lipinski definition) is 1. The van der Waals surface area contributed by atoms with Crippen LogP contribution in [0.1, 0.15) is 37.0 Å². The average molecular weight is 326 g/mol. The number of rotatable bonds is 8. The van der Waals surface area contributed by atoms with E-state index in [1.165, 1.54) is 11.2 Å². The lowest BCUT2D eigenvalue weighted by Gasteiger charge is -2.22. The highest BCUT2D eigenvalue weighted by Crippen LogP contribution is 2.19. The van der Waals surface area contributed by atoms with Crippen LogP contribution in [0.25, 0.3) is 0 Å². The Hall–Kier alpha value is -1.89. The van der Waals surface area contributed by atoms with Gasteiger partial charge in [0.1, 0.15) is 0 Å². The van der Waals surface area contributed by atoms with Crippen LogP contribution in [0.4, 0.5) is 5.69 Å². The van der Waals surface area contributed by atoms with E-state index >= 15 is 0 Å². The van der Waals surface area contributed by atoms with E-state index in [-0.39, 0.29) is 24.7 Å². The quantitative estimate of drug-likeness (QED) is 0.735. The molecule has 0 spiro atoms. The van der Waals surface area contributed by atoms with Gasteiger partial charge in [-0.25, -0.2) is 8.42 Å². The maximum Gasteiger partial charge on any atom is 0.232 e. The van der Waals surface area contributed by atoms with Crippen molar-refractivity contribution in [3.63, 3.8) is 0 Å². The summed E-state index contributed by atoms with van der Waals surface area (Å²) in [6, 6.07) is 6.30. The molecule has 0 atom stereocenters. The number of anilines is 1. The number of amides is 1. The van der Waals surface area contributed by atoms with Crippen molar-refractivity contribution >= 4 is 27.4 Å². The Morgan fingerprint density at radius 2 is 1.77 bits per heavy atom. The summed E-state index contributed by atoms with van der Waals surface area (Å²) in [7, 11) is -3.50. The minimum Gasteiger partial charge on any atom is -0.356 e. The summed E-state index contributed by atoms with van der Waals surface area (Å²) in [4.78, 5) is 22.9. The van der Waals surface area contributed by atoms with Crippen molar-refractivity contribution < 1.29 is 18.0 Å². The average Bonchev–Trinajstić information content (AvgIpc) is 2.44. The highest BCUT2D eigenvalue weighted by molar-refractivity contribution is 7.92. The number of carbonyl (C=O) groups excluding carboxylic acids is 2. The smallest absolute Gasteiger partial charge is 0.232 e. The van der Waals surface area contributed by atoms with Gasteiger partial charge in [0.05, 0.1) is 11.9 Å². The molecule has 0 aliphatic rings. The highest BCUT2D eigenvalue weighted by atomic mass is 32.2. The van der Waals surface area contributed by atoms with Crippen molar-refractivity contribution in [1.82, 2.24) is 5.32 Å². The third kappa shape index (κ3) is 5.48. The molecule has 1 aromatic carbocycles. The van der Waals surface area contributed by atoms with Crippen LogP contribution >= 0.6 is 0 Å². The summed E-state index contributed by atoms with van der Waals surface area (Å²) in [6.45, 7) is 4.03. The Morgan fingerprint density at radius 1 is 1.18 bits per heavy atom. The molecule has 122 valence electrons. The van der Waals surface area contributed by atoms with E-state index in [4.69, 9.17) is 0 Å². The lowest BCUT2D eigenvalue weighted by Crippen LogP contribution is -2.34. The first kappa shape index (κ1) is 18.2. The summed E-state index contributed by atoms with van der Waals surface area (Å²) in [5.74, 6) is -0.271. The fourth-order valence-corrected chi connectivity index (χ4v) is 2.83. The van der Waals surface area contributed by atoms with E-state index in [0.29, 0.717) is 17.8 Å². The van der Waals surface area contributed by atoms with Crippen LogP contribution in [-0.4, -0.2) is 39.5 Å². The number of Topliss-reactive ketones (excluding diaryl/α,β-unsaturated/α-hetero) is 1. The molecule has 0 radical (unpaired) electrons. The molecule has 1 N–H and O–H groups in total. The monoisotopic (exact) mass is 326 g/mol. The van der Waals surface area contributed by atoms with Gasteiger partial charge in [-0.3, -0.25) is 13.9 Å². The maximum atomic E-state index is 11.9. The second-order valence-corrected chi connectivity index (χ2v) is 6.94. The van der Waals surface area contributed by atoms with Crippen LogP contribution in [0.2, 0.25) is 0 Å². The molecule has 0 aliphatic carbocycles. The van der Waals surface area contributed by atoms with E-state index in [9.17, 15) is 18.0 Å². The Balaban J connectivity index is 2.86. The Labute approximate surface area is 131 Å². The molecule has 0 aromatic heterocycles. The van der Waals surface area contributed by atoms with Crippen molar-refractivity contribution in [3.05, 3.63) is 29.8 Å². The zero-order valence-electron chi connectivity index (χ0n) is 13.1. The normalized spacial score (nSPS) is 11.0. The predicted octanol–water partition coefficient (Wildman–Crippen LogP) is 1.57. The third-order valence-corrected chi connectivity index (χ3v) is 4.27. The van der Waals surface area contributed by atoms with Gasteiger partial charge in [0.15, 0.2) is 5.78 Å². The maximum absolute atomic E-state index is 11.9. The molecule has 0 unspecified atom stereocenters. The molecule has 22 heavy (non-hydrogen) atoms. The molecule has 1 rings (SSSR count). The molecule has 0 bridgehead atoms. The fraction of sp³-hybridized carbons (Fsp3) is 0.467. The standard InChI is InChI=1S/C15H22N2O4S/c1-4-10-16-15(19)9-11-17(22(3,20)21)14-7-5-13(6-8-14)12(2)18/h5-8H,4,9-11H2,1-3H3,(H,16,19). The molecule has 0 aliphatic heterocycles. The zero-order chi connectivity index (χ0) is 16.8. The van der Waals surface area contributed by atoms with Crippen LogP contribution in [0.5, 0.6) is 0 Å². The van der Waals surface area contributed by atoms with Crippen LogP contribution in [0, 0.1) is 0 Å². The van der Waals surface area contributed by atoms with Gasteiger partial charge in [-0.15, -0.1) is 0 Å². The summed E-state index contributed by atoms with van der Waals surface area (Å²) < 4.78 is 25.0. The number of benzene rings is 1. The van der Waals surface area contributed by atoms with Crippen molar-refractivity contribution in [3.8, 4) is 0 Å². The molecule has 0 heterocycles. The number of nitrogens with one attached hydrogen (secondary N) is 1. The Morgan fingerprint density at radius 3 is 2.23 bits per heavy atom. The summed E-state index contributed by atoms with van der Waals surface area (Å²) >= 11 is 0. The van der Waals surface area contributed by atoms with Crippen molar-refractivity contribution in [2.75, 3.05) is 23.7 Å². The van der Waals surface area contributed by atoms with Crippen LogP contribution in [0.15, 0.2) is 24.3 Å². The van der Waals surface area contributed by atoms with Gasteiger partial charge in [0.2, 0.25) is 15.9 Å². The fourth-order valence-electron chi connectivity index (χ4n) is 1.90. The summed E-state index contributed by atoms with van der Waals surface area (Å²) in [6.07, 6.45) is 2.01. The topological polar surface area (TPSA) is 83.6 Å². The molecule has 0 saturated carbocycles. The van der Waals surface area contributed by atoms with Gasteiger partial charge >= 0.3 is 0 Å². The first-order valence-corrected chi connectivity index (χ1v) is 8.96. The van der Waals surface area contributed by atoms with Crippen molar-refractivity contribution in [2.24, 2.45) is 0 Å². The number of carbonyl (C=O) groups is 2. The minimum absolute atomic E-state index is 0.0633. The van der Waals surface area contributed by atoms with Gasteiger partial charge in [-0.1, -0.05) is 6.92 Å². The van der Waals surface area contributed by atoms with Gasteiger partial charge in [-0.2, -0.15) is 0 Å². The largest absolute Gasteiger partial charge is 0.356 e. The highest BCUT2D eigenvalue weighted by Gasteiger charge is 2.18. The second-order valence-electron chi connectivity index (χ2n) is 5.04. The van der Waals surface area contributed by atoms with Gasteiger partial charge < -0.3 is 5.32 Å². The van der Waals surface area contributed by atoms with Crippen LogP contribution in [0.3, 0.4) is 0 Å². The van der Waals surface area contributed by atoms with Crippen LogP contribution in [-0.2, 0) is 14.8 Å². The second kappa shape index (κ2) is 7.93. The molecular weight excluding hydrogens is 304 g/mol. The van der Waals surface area contributed by atoms with Gasteiger partial charge in [-0.05, 0) is 37.6 Å². The zero-order valence-corrected chi connectivity index (χ0v) is 13.9. The third-order valence-electron chi connectivity index (χ3n) is 3.08. The van der Waals surface area contributed by atoms with Crippen molar-refractivity contribution in [2.45, 2.75) is 26.7 Å². The summed E-state index contributed by atoms with van der Waals surface area (Å²) in [5.41, 5.74) is 0.952. The number of sulfonamides is 1. The molecule has 0 fully saturated rings. The SMILES string of the molecule is CCCNC(=O)CCN(c1ccc(C(C)=O)cc1)S(C)(=O)=O. The minimum atomic E-state index is -3.50. The summed E-state index contributed by atoms with van der Waals surface area (Å²) in [5, 5.41) is 2.71. The van der Waals surface area contributed by atoms with Gasteiger partial charge in [0.25, 0.3) is 0 Å². The molecule has 1 aromatic rings. The lowest BCUT2D eigenvalue weighted by molar-refractivity contribution is -0.120. The van der Waals surface area contributed by atoms with E-state index in [0.717, 1.165) is 12.7 Å². The van der Waals surface area contributed by atoms with E-state index in [1.807, 2.05) is 6.92 Å². The molecule has 0 saturated heterocycles. The van der Waals surface area contributed by atoms with E-state index in [2.05, 4.69) is 5.32 Å². The first-order chi connectivity index (χ1) is 10.3. The lowest BCUT2D eigenvalue weighted by atomic mass is 10.1. The van der Waals surface area contributed by atoms with E-state index < -0.39 is 10.0 Å². The first-order valence-electron chi connectivity index (χ1n) is 7.11. The predicted molar refractivity (Wildman–Crippen MR) is 86.6 cm³/mol. The number of ketones is 1. The van der Waals surface area contributed by atoms with Gasteiger partial charge in [0, 0.05) is 25.1 Å². The molecule has 6 nitrogen and oxygen atoms in total. The number of nitrogens with zero attached hydrogens (tertiary/aromatic N) is 1. The van der Waals surface area contributed by atoms with Crippen LogP contribution < -0.4 is 9.62 Å². The number of hydrogen-bond acceptors (Lipinski definition) is 4. The Kier molecular flexibility index (Phi) is 6.55. The molecule has 1 amide bonds. The van der Waals surface area contributed by atoms with E-state index in [1.54, 1.807) is 24.3 Å². The molecule has 7 heteroatoms.